The molecule has 0 aliphatic carbocycles. The van der Waals surface area contributed by atoms with Gasteiger partial charge < -0.3 is 9.47 Å². The van der Waals surface area contributed by atoms with E-state index < -0.39 is 5.97 Å². The average molecular weight is 213 g/mol. The first kappa shape index (κ1) is 13.5. The SMILES string of the molecule is C=C(C)C(=O)OCOCCC(C)N=C=O. The molecule has 0 rings (SSSR count). The minimum Gasteiger partial charge on any atom is -0.435 e. The third kappa shape index (κ3) is 7.61. The second kappa shape index (κ2) is 7.91. The van der Waals surface area contributed by atoms with Crippen LogP contribution in [0.4, 0.5) is 0 Å². The molecule has 5 nitrogen and oxygen atoms in total. The topological polar surface area (TPSA) is 65.0 Å². The van der Waals surface area contributed by atoms with Crippen LogP contribution in [0.5, 0.6) is 0 Å². The first-order valence-corrected chi connectivity index (χ1v) is 4.55. The van der Waals surface area contributed by atoms with Crippen LogP contribution in [0.2, 0.25) is 0 Å². The van der Waals surface area contributed by atoms with Gasteiger partial charge in [-0.1, -0.05) is 6.58 Å². The summed E-state index contributed by atoms with van der Waals surface area (Å²) in [6.45, 7) is 7.01. The number of hydrogen-bond donors (Lipinski definition) is 0. The highest BCUT2D eigenvalue weighted by molar-refractivity contribution is 5.86. The molecule has 0 aromatic carbocycles. The molecule has 0 N–H and O–H groups in total. The van der Waals surface area contributed by atoms with E-state index in [1.807, 2.05) is 0 Å². The number of aliphatic imine (C=N–C) groups is 1. The predicted octanol–water partition coefficient (Wildman–Crippen LogP) is 1.19. The molecular formula is C10H15NO4. The highest BCUT2D eigenvalue weighted by Gasteiger charge is 2.03. The Morgan fingerprint density at radius 3 is 2.80 bits per heavy atom. The maximum atomic E-state index is 10.9. The van der Waals surface area contributed by atoms with E-state index in [4.69, 9.17) is 4.74 Å². The van der Waals surface area contributed by atoms with Crippen molar-refractivity contribution < 1.29 is 19.1 Å². The summed E-state index contributed by atoms with van der Waals surface area (Å²) in [4.78, 5) is 24.2. The van der Waals surface area contributed by atoms with Crippen molar-refractivity contribution in [3.8, 4) is 0 Å². The van der Waals surface area contributed by atoms with E-state index in [0.717, 1.165) is 0 Å². The maximum Gasteiger partial charge on any atom is 0.335 e. The highest BCUT2D eigenvalue weighted by atomic mass is 16.7. The van der Waals surface area contributed by atoms with Crippen LogP contribution in [0.1, 0.15) is 20.3 Å². The van der Waals surface area contributed by atoms with Gasteiger partial charge in [-0.25, -0.2) is 14.6 Å². The summed E-state index contributed by atoms with van der Waals surface area (Å²) in [7, 11) is 0. The monoisotopic (exact) mass is 213 g/mol. The fourth-order valence-corrected chi connectivity index (χ4v) is 0.686. The van der Waals surface area contributed by atoms with Crippen molar-refractivity contribution >= 4 is 12.0 Å². The highest BCUT2D eigenvalue weighted by Crippen LogP contribution is 1.97. The van der Waals surface area contributed by atoms with Crippen molar-refractivity contribution in [2.24, 2.45) is 4.99 Å². The number of carbonyl (C=O) groups is 1. The van der Waals surface area contributed by atoms with Crippen molar-refractivity contribution in [2.75, 3.05) is 13.4 Å². The Labute approximate surface area is 88.8 Å². The van der Waals surface area contributed by atoms with Gasteiger partial charge in [-0.15, -0.1) is 0 Å². The zero-order valence-electron chi connectivity index (χ0n) is 8.99. The minimum atomic E-state index is -0.478. The average Bonchev–Trinajstić information content (AvgIpc) is 2.17. The number of carbonyl (C=O) groups excluding carboxylic acids is 2. The van der Waals surface area contributed by atoms with Gasteiger partial charge in [-0.3, -0.25) is 0 Å². The number of esters is 1. The van der Waals surface area contributed by atoms with Crippen LogP contribution < -0.4 is 0 Å². The van der Waals surface area contributed by atoms with Crippen LogP contribution in [0, 0.1) is 0 Å². The van der Waals surface area contributed by atoms with Crippen molar-refractivity contribution in [3.05, 3.63) is 12.2 Å². The first-order valence-electron chi connectivity index (χ1n) is 4.55. The number of ether oxygens (including phenoxy) is 2. The summed E-state index contributed by atoms with van der Waals surface area (Å²) < 4.78 is 9.67. The molecule has 0 aliphatic heterocycles. The molecule has 0 fully saturated rings. The normalized spacial score (nSPS) is 11.3. The van der Waals surface area contributed by atoms with Crippen LogP contribution >= 0.6 is 0 Å². The summed E-state index contributed by atoms with van der Waals surface area (Å²) >= 11 is 0. The Balaban J connectivity index is 3.43. The van der Waals surface area contributed by atoms with Gasteiger partial charge in [0.15, 0.2) is 6.79 Å². The van der Waals surface area contributed by atoms with Gasteiger partial charge >= 0.3 is 5.97 Å². The van der Waals surface area contributed by atoms with E-state index in [1.54, 1.807) is 13.8 Å². The fourth-order valence-electron chi connectivity index (χ4n) is 0.686. The second-order valence-corrected chi connectivity index (χ2v) is 3.10. The van der Waals surface area contributed by atoms with Gasteiger partial charge in [-0.2, -0.15) is 0 Å². The molecule has 0 amide bonds. The lowest BCUT2D eigenvalue weighted by atomic mass is 10.3. The molecule has 0 saturated heterocycles. The van der Waals surface area contributed by atoms with E-state index in [9.17, 15) is 9.59 Å². The molecule has 84 valence electrons. The smallest absolute Gasteiger partial charge is 0.335 e. The zero-order valence-corrected chi connectivity index (χ0v) is 8.99. The van der Waals surface area contributed by atoms with Crippen molar-refractivity contribution in [1.29, 1.82) is 0 Å². The van der Waals surface area contributed by atoms with Crippen molar-refractivity contribution in [3.63, 3.8) is 0 Å². The maximum absolute atomic E-state index is 10.9. The quantitative estimate of drug-likeness (QED) is 0.159. The second-order valence-electron chi connectivity index (χ2n) is 3.10. The van der Waals surface area contributed by atoms with Gasteiger partial charge in [0.25, 0.3) is 0 Å². The van der Waals surface area contributed by atoms with Crippen LogP contribution in [-0.2, 0) is 19.1 Å². The number of isocyanates is 1. The first-order chi connectivity index (χ1) is 7.07. The molecular weight excluding hydrogens is 198 g/mol. The lowest BCUT2D eigenvalue weighted by molar-refractivity contribution is -0.151. The van der Waals surface area contributed by atoms with Crippen LogP contribution in [0.25, 0.3) is 0 Å². The van der Waals surface area contributed by atoms with Crippen molar-refractivity contribution in [1.82, 2.24) is 0 Å². The molecule has 0 bridgehead atoms. The van der Waals surface area contributed by atoms with Crippen molar-refractivity contribution in [2.45, 2.75) is 26.3 Å². The van der Waals surface area contributed by atoms with E-state index >= 15 is 0 Å². The molecule has 0 aromatic rings. The summed E-state index contributed by atoms with van der Waals surface area (Å²) in [5.41, 5.74) is 0.331. The van der Waals surface area contributed by atoms with E-state index in [1.165, 1.54) is 6.08 Å². The zero-order chi connectivity index (χ0) is 11.7. The lowest BCUT2D eigenvalue weighted by Crippen LogP contribution is -2.11. The largest absolute Gasteiger partial charge is 0.435 e. The third-order valence-corrected chi connectivity index (χ3v) is 1.57. The van der Waals surface area contributed by atoms with Crippen LogP contribution in [0.15, 0.2) is 17.1 Å². The standard InChI is InChI=1S/C10H15NO4/c1-8(2)10(13)15-7-14-5-4-9(3)11-6-12/h9H,1,4-5,7H2,2-3H3. The molecule has 5 heteroatoms. The van der Waals surface area contributed by atoms with E-state index in [-0.39, 0.29) is 12.8 Å². The Kier molecular flexibility index (Phi) is 7.14. The van der Waals surface area contributed by atoms with Gasteiger partial charge in [-0.05, 0) is 20.3 Å². The summed E-state index contributed by atoms with van der Waals surface area (Å²) in [5.74, 6) is -0.478. The van der Waals surface area contributed by atoms with E-state index in [0.29, 0.717) is 18.6 Å². The van der Waals surface area contributed by atoms with Crippen LogP contribution in [0.3, 0.4) is 0 Å². The molecule has 0 heterocycles. The molecule has 0 spiro atoms. The Morgan fingerprint density at radius 1 is 1.60 bits per heavy atom. The molecule has 0 aliphatic rings. The lowest BCUT2D eigenvalue weighted by Gasteiger charge is -2.06. The van der Waals surface area contributed by atoms with Gasteiger partial charge in [0.2, 0.25) is 6.08 Å². The molecule has 1 atom stereocenters. The number of hydrogen-bond acceptors (Lipinski definition) is 5. The minimum absolute atomic E-state index is 0.108. The number of rotatable bonds is 7. The van der Waals surface area contributed by atoms with Crippen LogP contribution in [-0.4, -0.2) is 31.5 Å². The number of nitrogens with zero attached hydrogens (tertiary/aromatic N) is 1. The molecule has 0 radical (unpaired) electrons. The Bertz CT molecular complexity index is 269. The molecule has 0 aromatic heterocycles. The van der Waals surface area contributed by atoms with Gasteiger partial charge in [0, 0.05) is 5.57 Å². The Morgan fingerprint density at radius 2 is 2.27 bits per heavy atom. The summed E-state index contributed by atoms with van der Waals surface area (Å²) in [6, 6.07) is -0.126. The Hall–Kier alpha value is -1.45. The summed E-state index contributed by atoms with van der Waals surface area (Å²) in [5, 5.41) is 0. The fraction of sp³-hybridized carbons (Fsp3) is 0.600. The third-order valence-electron chi connectivity index (χ3n) is 1.57. The molecule has 15 heavy (non-hydrogen) atoms. The predicted molar refractivity (Wildman–Crippen MR) is 53.9 cm³/mol. The molecule has 1 unspecified atom stereocenters. The summed E-state index contributed by atoms with van der Waals surface area (Å²) in [6.07, 6.45) is 2.05. The van der Waals surface area contributed by atoms with Gasteiger partial charge in [0.1, 0.15) is 0 Å². The van der Waals surface area contributed by atoms with E-state index in [2.05, 4.69) is 16.3 Å². The van der Waals surface area contributed by atoms with Gasteiger partial charge in [0.05, 0.1) is 12.6 Å². The molecule has 0 saturated carbocycles.